The Balaban J connectivity index is 1.36. The zero-order chi connectivity index (χ0) is 17.2. The fraction of sp³-hybridized carbons (Fsp3) is 0.474. The number of aryl methyl sites for hydroxylation is 1. The van der Waals surface area contributed by atoms with E-state index in [0.29, 0.717) is 11.8 Å². The van der Waals surface area contributed by atoms with Crippen molar-refractivity contribution in [2.45, 2.75) is 25.7 Å². The smallest absolute Gasteiger partial charge is 0.226 e. The van der Waals surface area contributed by atoms with Crippen LogP contribution in [0.3, 0.4) is 0 Å². The second kappa shape index (κ2) is 6.78. The van der Waals surface area contributed by atoms with Crippen molar-refractivity contribution in [1.29, 1.82) is 0 Å². The lowest BCUT2D eigenvalue weighted by Crippen LogP contribution is -2.36. The van der Waals surface area contributed by atoms with Crippen molar-refractivity contribution < 1.29 is 4.79 Å². The Kier molecular flexibility index (Phi) is 4.34. The van der Waals surface area contributed by atoms with Crippen LogP contribution in [0.1, 0.15) is 30.0 Å². The fourth-order valence-corrected chi connectivity index (χ4v) is 3.59. The van der Waals surface area contributed by atoms with Gasteiger partial charge in [0.15, 0.2) is 5.82 Å². The van der Waals surface area contributed by atoms with Gasteiger partial charge in [0.25, 0.3) is 0 Å². The highest BCUT2D eigenvalue weighted by atomic mass is 16.2. The molecular formula is C19H23N5O. The van der Waals surface area contributed by atoms with Gasteiger partial charge in [-0.25, -0.2) is 0 Å². The number of carbonyl (C=O) groups is 1. The number of aromatic nitrogens is 3. The van der Waals surface area contributed by atoms with Crippen molar-refractivity contribution in [2.75, 3.05) is 31.1 Å². The van der Waals surface area contributed by atoms with Crippen LogP contribution < -0.4 is 4.90 Å². The van der Waals surface area contributed by atoms with Crippen molar-refractivity contribution in [3.8, 4) is 0 Å². The molecule has 1 aliphatic carbocycles. The van der Waals surface area contributed by atoms with Gasteiger partial charge in [-0.05, 0) is 49.4 Å². The lowest BCUT2D eigenvalue weighted by Gasteiger charge is -2.22. The first kappa shape index (κ1) is 16.0. The predicted octanol–water partition coefficient (Wildman–Crippen LogP) is 2.02. The first-order chi connectivity index (χ1) is 12.2. The predicted molar refractivity (Wildman–Crippen MR) is 95.3 cm³/mol. The molecule has 1 saturated heterocycles. The van der Waals surface area contributed by atoms with Crippen molar-refractivity contribution in [1.82, 2.24) is 20.1 Å². The Bertz CT molecular complexity index is 733. The van der Waals surface area contributed by atoms with Crippen LogP contribution in [0.5, 0.6) is 0 Å². The molecule has 0 spiro atoms. The van der Waals surface area contributed by atoms with Gasteiger partial charge in [0, 0.05) is 44.5 Å². The average molecular weight is 337 g/mol. The van der Waals surface area contributed by atoms with E-state index in [1.165, 1.54) is 5.56 Å². The maximum atomic E-state index is 12.8. The van der Waals surface area contributed by atoms with Gasteiger partial charge >= 0.3 is 0 Å². The van der Waals surface area contributed by atoms with E-state index in [2.05, 4.69) is 26.1 Å². The molecule has 2 aromatic rings. The van der Waals surface area contributed by atoms with Gasteiger partial charge in [0.05, 0.1) is 5.69 Å². The van der Waals surface area contributed by atoms with Crippen molar-refractivity contribution in [3.63, 3.8) is 0 Å². The molecule has 0 radical (unpaired) electrons. The van der Waals surface area contributed by atoms with E-state index in [0.717, 1.165) is 50.5 Å². The monoisotopic (exact) mass is 337 g/mol. The molecule has 2 aliphatic rings. The summed E-state index contributed by atoms with van der Waals surface area (Å²) in [5.41, 5.74) is 2.11. The maximum Gasteiger partial charge on any atom is 0.226 e. The Morgan fingerprint density at radius 2 is 2.04 bits per heavy atom. The van der Waals surface area contributed by atoms with E-state index in [9.17, 15) is 4.79 Å². The molecule has 2 atom stereocenters. The zero-order valence-electron chi connectivity index (χ0n) is 14.5. The van der Waals surface area contributed by atoms with E-state index in [1.807, 2.05) is 36.2 Å². The van der Waals surface area contributed by atoms with Gasteiger partial charge in [-0.3, -0.25) is 9.78 Å². The quantitative estimate of drug-likeness (QED) is 0.857. The number of anilines is 1. The molecule has 2 fully saturated rings. The molecule has 6 nitrogen and oxygen atoms in total. The zero-order valence-corrected chi connectivity index (χ0v) is 14.5. The minimum atomic E-state index is 0.134. The third kappa shape index (κ3) is 3.48. The summed E-state index contributed by atoms with van der Waals surface area (Å²) in [6, 6.07) is 8.02. The van der Waals surface area contributed by atoms with Crippen molar-refractivity contribution in [3.05, 3.63) is 47.9 Å². The topological polar surface area (TPSA) is 62.2 Å². The summed E-state index contributed by atoms with van der Waals surface area (Å²) in [6.07, 6.45) is 5.58. The van der Waals surface area contributed by atoms with E-state index in [1.54, 1.807) is 6.20 Å². The maximum absolute atomic E-state index is 12.8. The third-order valence-corrected chi connectivity index (χ3v) is 5.14. The number of hydrogen-bond acceptors (Lipinski definition) is 5. The minimum Gasteiger partial charge on any atom is -0.353 e. The minimum absolute atomic E-state index is 0.134. The second-order valence-corrected chi connectivity index (χ2v) is 6.93. The lowest BCUT2D eigenvalue weighted by molar-refractivity contribution is -0.132. The molecule has 0 N–H and O–H groups in total. The van der Waals surface area contributed by atoms with Gasteiger partial charge in [-0.15, -0.1) is 5.10 Å². The first-order valence-corrected chi connectivity index (χ1v) is 8.96. The summed E-state index contributed by atoms with van der Waals surface area (Å²) in [4.78, 5) is 21.3. The van der Waals surface area contributed by atoms with Crippen LogP contribution in [-0.4, -0.2) is 52.2 Å². The van der Waals surface area contributed by atoms with Crippen LogP contribution in [0, 0.1) is 12.8 Å². The van der Waals surface area contributed by atoms with Crippen LogP contribution in [0.4, 0.5) is 5.82 Å². The average Bonchev–Trinajstić information content (AvgIpc) is 3.46. The summed E-state index contributed by atoms with van der Waals surface area (Å²) in [7, 11) is 0. The van der Waals surface area contributed by atoms with Gasteiger partial charge in [0.2, 0.25) is 5.91 Å². The fourth-order valence-electron chi connectivity index (χ4n) is 3.59. The summed E-state index contributed by atoms with van der Waals surface area (Å²) < 4.78 is 0. The largest absolute Gasteiger partial charge is 0.353 e. The van der Waals surface area contributed by atoms with Crippen LogP contribution in [0.25, 0.3) is 0 Å². The summed E-state index contributed by atoms with van der Waals surface area (Å²) >= 11 is 0. The van der Waals surface area contributed by atoms with Gasteiger partial charge in [-0.2, -0.15) is 5.10 Å². The number of amides is 1. The van der Waals surface area contributed by atoms with Gasteiger partial charge in [0.1, 0.15) is 0 Å². The Hall–Kier alpha value is -2.50. The lowest BCUT2D eigenvalue weighted by atomic mass is 10.1. The van der Waals surface area contributed by atoms with Crippen molar-refractivity contribution >= 4 is 11.7 Å². The highest BCUT2D eigenvalue weighted by Gasteiger charge is 2.45. The number of hydrogen-bond donors (Lipinski definition) is 0. The summed E-state index contributed by atoms with van der Waals surface area (Å²) in [5.74, 6) is 1.68. The molecular weight excluding hydrogens is 314 g/mol. The van der Waals surface area contributed by atoms with E-state index in [-0.39, 0.29) is 5.92 Å². The Morgan fingerprint density at radius 3 is 2.80 bits per heavy atom. The second-order valence-electron chi connectivity index (χ2n) is 6.93. The van der Waals surface area contributed by atoms with E-state index in [4.69, 9.17) is 0 Å². The van der Waals surface area contributed by atoms with Crippen LogP contribution in [0.2, 0.25) is 0 Å². The van der Waals surface area contributed by atoms with Crippen molar-refractivity contribution in [2.24, 2.45) is 5.92 Å². The summed E-state index contributed by atoms with van der Waals surface area (Å²) in [5, 5.41) is 8.42. The molecule has 1 saturated carbocycles. The standard InChI is InChI=1S/C19H23N5O/c1-14-5-6-18(22-21-14)23-8-3-9-24(11-10-23)19(25)17-12-16(17)15-4-2-7-20-13-15/h2,4-7,13,16-17H,3,8-12H2,1H3/t16-,17+/m1/s1. The van der Waals surface area contributed by atoms with E-state index < -0.39 is 0 Å². The third-order valence-electron chi connectivity index (χ3n) is 5.14. The molecule has 130 valence electrons. The molecule has 0 bridgehead atoms. The highest BCUT2D eigenvalue weighted by Crippen LogP contribution is 2.48. The number of rotatable bonds is 3. The van der Waals surface area contributed by atoms with Crippen LogP contribution in [0.15, 0.2) is 36.7 Å². The van der Waals surface area contributed by atoms with Gasteiger partial charge < -0.3 is 9.80 Å². The normalized spacial score (nSPS) is 23.2. The first-order valence-electron chi connectivity index (χ1n) is 8.96. The van der Waals surface area contributed by atoms with Gasteiger partial charge in [-0.1, -0.05) is 6.07 Å². The molecule has 1 amide bonds. The molecule has 3 heterocycles. The molecule has 25 heavy (non-hydrogen) atoms. The molecule has 1 aliphatic heterocycles. The Morgan fingerprint density at radius 1 is 1.12 bits per heavy atom. The number of nitrogens with zero attached hydrogens (tertiary/aromatic N) is 5. The highest BCUT2D eigenvalue weighted by molar-refractivity contribution is 5.83. The molecule has 0 unspecified atom stereocenters. The summed E-state index contributed by atoms with van der Waals surface area (Å²) in [6.45, 7) is 5.25. The number of pyridine rings is 1. The van der Waals surface area contributed by atoms with Crippen LogP contribution in [-0.2, 0) is 4.79 Å². The molecule has 2 aromatic heterocycles. The SMILES string of the molecule is Cc1ccc(N2CCCN(C(=O)[C@H]3C[C@@H]3c3cccnc3)CC2)nn1. The molecule has 6 heteroatoms. The molecule has 4 rings (SSSR count). The van der Waals surface area contributed by atoms with Crippen LogP contribution >= 0.6 is 0 Å². The Labute approximate surface area is 147 Å². The number of carbonyl (C=O) groups excluding carboxylic acids is 1. The molecule has 0 aromatic carbocycles. The van der Waals surface area contributed by atoms with E-state index >= 15 is 0 Å².